The zero-order valence-electron chi connectivity index (χ0n) is 18.5. The number of guanidine groups is 1. The zero-order valence-corrected chi connectivity index (χ0v) is 21.6. The van der Waals surface area contributed by atoms with Crippen LogP contribution in [0.3, 0.4) is 0 Å². The second kappa shape index (κ2) is 12.3. The maximum Gasteiger partial charge on any atom is 0.258 e. The summed E-state index contributed by atoms with van der Waals surface area (Å²) in [5.41, 5.74) is 1.06. The van der Waals surface area contributed by atoms with Gasteiger partial charge in [0.25, 0.3) is 5.91 Å². The van der Waals surface area contributed by atoms with Gasteiger partial charge in [0.2, 0.25) is 0 Å². The SMILES string of the molecule is CCNC(=NCc1cccc(OCC(=O)NC2CC2)c1)N1CCN(c2cccs2)CC1.I. The van der Waals surface area contributed by atoms with Crippen LogP contribution in [0.2, 0.25) is 0 Å². The third-order valence-electron chi connectivity index (χ3n) is 5.35. The molecule has 0 spiro atoms. The number of aliphatic imine (C=N–C) groups is 1. The molecule has 174 valence electrons. The number of nitrogens with one attached hydrogen (secondary N) is 2. The lowest BCUT2D eigenvalue weighted by Crippen LogP contribution is -2.52. The fourth-order valence-corrected chi connectivity index (χ4v) is 4.35. The van der Waals surface area contributed by atoms with Crippen LogP contribution in [-0.2, 0) is 11.3 Å². The standard InChI is InChI=1S/C23H31N5O2S.HI/c1-2-24-23(28-12-10-27(11-13-28)22-7-4-14-31-22)25-16-18-5-3-6-20(15-18)30-17-21(29)26-19-8-9-19;/h3-7,14-15,19H,2,8-13,16-17H2,1H3,(H,24,25)(H,26,29);1H. The number of carbonyl (C=O) groups is 1. The molecule has 1 aromatic carbocycles. The van der Waals surface area contributed by atoms with Crippen molar-refractivity contribution in [3.63, 3.8) is 0 Å². The molecule has 9 heteroatoms. The molecule has 1 aliphatic carbocycles. The summed E-state index contributed by atoms with van der Waals surface area (Å²) in [6, 6.07) is 12.5. The molecule has 0 unspecified atom stereocenters. The summed E-state index contributed by atoms with van der Waals surface area (Å²) in [6.07, 6.45) is 2.16. The number of hydrogen-bond donors (Lipinski definition) is 2. The molecule has 1 aliphatic heterocycles. The topological polar surface area (TPSA) is 69.2 Å². The minimum absolute atomic E-state index is 0. The third kappa shape index (κ3) is 7.26. The van der Waals surface area contributed by atoms with Crippen molar-refractivity contribution in [1.82, 2.24) is 15.5 Å². The summed E-state index contributed by atoms with van der Waals surface area (Å²) in [6.45, 7) is 7.45. The van der Waals surface area contributed by atoms with Crippen molar-refractivity contribution < 1.29 is 9.53 Å². The number of piperazine rings is 1. The van der Waals surface area contributed by atoms with E-state index >= 15 is 0 Å². The molecular weight excluding hydrogens is 537 g/mol. The van der Waals surface area contributed by atoms with Gasteiger partial charge in [-0.25, -0.2) is 4.99 Å². The molecule has 32 heavy (non-hydrogen) atoms. The van der Waals surface area contributed by atoms with Crippen molar-refractivity contribution in [1.29, 1.82) is 0 Å². The van der Waals surface area contributed by atoms with E-state index in [-0.39, 0.29) is 36.5 Å². The summed E-state index contributed by atoms with van der Waals surface area (Å²) in [5.74, 6) is 1.60. The van der Waals surface area contributed by atoms with Gasteiger partial charge in [-0.1, -0.05) is 12.1 Å². The molecular formula is C23H32IN5O2S. The molecule has 0 bridgehead atoms. The van der Waals surface area contributed by atoms with E-state index in [0.717, 1.165) is 57.1 Å². The number of nitrogens with zero attached hydrogens (tertiary/aromatic N) is 3. The highest BCUT2D eigenvalue weighted by molar-refractivity contribution is 14.0. The minimum Gasteiger partial charge on any atom is -0.484 e. The number of ether oxygens (including phenoxy) is 1. The molecule has 0 radical (unpaired) electrons. The molecule has 2 heterocycles. The first-order valence-electron chi connectivity index (χ1n) is 11.0. The van der Waals surface area contributed by atoms with E-state index in [9.17, 15) is 4.79 Å². The van der Waals surface area contributed by atoms with E-state index in [1.54, 1.807) is 11.3 Å². The van der Waals surface area contributed by atoms with Gasteiger partial charge < -0.3 is 25.2 Å². The van der Waals surface area contributed by atoms with Crippen molar-refractivity contribution in [3.05, 3.63) is 47.3 Å². The lowest BCUT2D eigenvalue weighted by molar-refractivity contribution is -0.123. The van der Waals surface area contributed by atoms with E-state index < -0.39 is 0 Å². The largest absolute Gasteiger partial charge is 0.484 e. The van der Waals surface area contributed by atoms with Crippen LogP contribution in [-0.4, -0.2) is 62.1 Å². The van der Waals surface area contributed by atoms with Crippen molar-refractivity contribution in [2.24, 2.45) is 4.99 Å². The first-order valence-corrected chi connectivity index (χ1v) is 11.9. The average molecular weight is 570 g/mol. The van der Waals surface area contributed by atoms with Gasteiger partial charge in [0.1, 0.15) is 5.75 Å². The van der Waals surface area contributed by atoms with Gasteiger partial charge in [-0.3, -0.25) is 4.79 Å². The first kappa shape index (κ1) is 24.6. The summed E-state index contributed by atoms with van der Waals surface area (Å²) in [5, 5.41) is 9.83. The van der Waals surface area contributed by atoms with Gasteiger partial charge in [0.15, 0.2) is 12.6 Å². The number of carbonyl (C=O) groups excluding carboxylic acids is 1. The van der Waals surface area contributed by atoms with Crippen LogP contribution < -0.4 is 20.3 Å². The Labute approximate surface area is 211 Å². The second-order valence-electron chi connectivity index (χ2n) is 7.87. The van der Waals surface area contributed by atoms with Gasteiger partial charge in [-0.2, -0.15) is 0 Å². The quantitative estimate of drug-likeness (QED) is 0.290. The molecule has 1 saturated carbocycles. The van der Waals surface area contributed by atoms with E-state index in [0.29, 0.717) is 18.3 Å². The summed E-state index contributed by atoms with van der Waals surface area (Å²) in [7, 11) is 0. The lowest BCUT2D eigenvalue weighted by atomic mass is 10.2. The van der Waals surface area contributed by atoms with Crippen LogP contribution in [0.5, 0.6) is 5.75 Å². The maximum atomic E-state index is 11.8. The predicted molar refractivity (Wildman–Crippen MR) is 141 cm³/mol. The smallest absolute Gasteiger partial charge is 0.258 e. The van der Waals surface area contributed by atoms with Crippen LogP contribution in [0, 0.1) is 0 Å². The molecule has 1 amide bonds. The number of halogens is 1. The van der Waals surface area contributed by atoms with Crippen LogP contribution in [0.1, 0.15) is 25.3 Å². The Morgan fingerprint density at radius 3 is 2.69 bits per heavy atom. The summed E-state index contributed by atoms with van der Waals surface area (Å²) in [4.78, 5) is 21.5. The van der Waals surface area contributed by atoms with E-state index in [1.807, 2.05) is 24.3 Å². The first-order chi connectivity index (χ1) is 15.2. The van der Waals surface area contributed by atoms with Gasteiger partial charge in [0, 0.05) is 38.8 Å². The molecule has 2 fully saturated rings. The Morgan fingerprint density at radius 2 is 2.00 bits per heavy atom. The Balaban J connectivity index is 0.00000289. The Kier molecular flexibility index (Phi) is 9.46. The molecule has 1 saturated heterocycles. The zero-order chi connectivity index (χ0) is 21.5. The van der Waals surface area contributed by atoms with E-state index in [2.05, 4.69) is 44.9 Å². The maximum absolute atomic E-state index is 11.8. The van der Waals surface area contributed by atoms with Gasteiger partial charge in [0.05, 0.1) is 11.5 Å². The van der Waals surface area contributed by atoms with Crippen molar-refractivity contribution >= 4 is 52.2 Å². The van der Waals surface area contributed by atoms with Gasteiger partial charge in [-0.05, 0) is 55.0 Å². The number of amides is 1. The van der Waals surface area contributed by atoms with Gasteiger partial charge >= 0.3 is 0 Å². The number of benzene rings is 1. The highest BCUT2D eigenvalue weighted by Gasteiger charge is 2.23. The Hall–Kier alpha value is -2.01. The number of hydrogen-bond acceptors (Lipinski definition) is 5. The number of thiophene rings is 1. The fourth-order valence-electron chi connectivity index (χ4n) is 3.56. The van der Waals surface area contributed by atoms with Crippen molar-refractivity contribution in [2.75, 3.05) is 44.2 Å². The monoisotopic (exact) mass is 569 g/mol. The molecule has 0 atom stereocenters. The normalized spacial score (nSPS) is 16.3. The third-order valence-corrected chi connectivity index (χ3v) is 6.28. The lowest BCUT2D eigenvalue weighted by Gasteiger charge is -2.37. The highest BCUT2D eigenvalue weighted by atomic mass is 127. The molecule has 4 rings (SSSR count). The molecule has 1 aromatic heterocycles. The molecule has 2 N–H and O–H groups in total. The molecule has 7 nitrogen and oxygen atoms in total. The number of rotatable bonds is 8. The Bertz CT molecular complexity index is 880. The van der Waals surface area contributed by atoms with E-state index in [1.165, 1.54) is 5.00 Å². The Morgan fingerprint density at radius 1 is 1.19 bits per heavy atom. The van der Waals surface area contributed by atoms with Crippen LogP contribution >= 0.6 is 35.3 Å². The van der Waals surface area contributed by atoms with Crippen LogP contribution in [0.25, 0.3) is 0 Å². The van der Waals surface area contributed by atoms with Crippen LogP contribution in [0.15, 0.2) is 46.8 Å². The van der Waals surface area contributed by atoms with Crippen LogP contribution in [0.4, 0.5) is 5.00 Å². The second-order valence-corrected chi connectivity index (χ2v) is 8.80. The van der Waals surface area contributed by atoms with E-state index in [4.69, 9.17) is 9.73 Å². The average Bonchev–Trinajstić information content (AvgIpc) is 3.43. The van der Waals surface area contributed by atoms with Crippen molar-refractivity contribution in [3.8, 4) is 5.75 Å². The predicted octanol–water partition coefficient (Wildman–Crippen LogP) is 3.31. The minimum atomic E-state index is -0.0537. The molecule has 2 aliphatic rings. The summed E-state index contributed by atoms with van der Waals surface area (Å²) >= 11 is 1.79. The molecule has 2 aromatic rings. The fraction of sp³-hybridized carbons (Fsp3) is 0.478. The number of anilines is 1. The van der Waals surface area contributed by atoms with Crippen molar-refractivity contribution in [2.45, 2.75) is 32.4 Å². The van der Waals surface area contributed by atoms with Gasteiger partial charge in [-0.15, -0.1) is 35.3 Å². The summed E-state index contributed by atoms with van der Waals surface area (Å²) < 4.78 is 5.66. The highest BCUT2D eigenvalue weighted by Crippen LogP contribution is 2.22.